The number of amides is 2. The maximum Gasteiger partial charge on any atom is 0.360 e. The van der Waals surface area contributed by atoms with Crippen LogP contribution in [-0.4, -0.2) is 96.0 Å². The predicted octanol–water partition coefficient (Wildman–Crippen LogP) is -4.75. The number of carbonyl (C=O) groups is 4. The van der Waals surface area contributed by atoms with Gasteiger partial charge in [0.15, 0.2) is 12.3 Å². The topological polar surface area (TPSA) is 127 Å². The highest BCUT2D eigenvalue weighted by molar-refractivity contribution is 6.23. The fourth-order valence-corrected chi connectivity index (χ4v) is 7.86. The second kappa shape index (κ2) is 10.7. The summed E-state index contributed by atoms with van der Waals surface area (Å²) in [6.07, 6.45) is 1.43. The lowest BCUT2D eigenvalue weighted by molar-refractivity contribution is -0.932. The van der Waals surface area contributed by atoms with E-state index in [1.807, 2.05) is 19.1 Å². The van der Waals surface area contributed by atoms with Crippen LogP contribution in [0.4, 0.5) is 5.69 Å². The van der Waals surface area contributed by atoms with Crippen molar-refractivity contribution in [3.8, 4) is 16.9 Å². The van der Waals surface area contributed by atoms with E-state index in [1.54, 1.807) is 25.1 Å². The van der Waals surface area contributed by atoms with Gasteiger partial charge in [0.25, 0.3) is 5.91 Å². The molecule has 4 fully saturated rings. The van der Waals surface area contributed by atoms with Crippen LogP contribution in [-0.2, 0) is 14.4 Å². The standard InChI is InChI=1S/C31H33N4O6.2ClH/c1-17-13-20(41-31(40)25-6-5-24-28(18(2)36)30(39)33(24)25)15-22-21-4-3-19(14-23(21)29(38)27(17)22)35-10-7-34(8-11-35,9-12-35)16-26(32)37;;/h3-4,6,13-15,18,24,28,36H,5,7-12,16H2,1-2H3,(H-,32,37);2*1H/q+1;;/p-1/t18-,24-,28?,34?,35?;;/m1../s1. The summed E-state index contributed by atoms with van der Waals surface area (Å²) in [7, 11) is 0. The number of nitrogens with two attached hydrogens (primary N) is 1. The highest BCUT2D eigenvalue weighted by Crippen LogP contribution is 2.45. The molecule has 3 atom stereocenters. The summed E-state index contributed by atoms with van der Waals surface area (Å²) in [6.45, 7) is 9.20. The molecule has 0 radical (unpaired) electrons. The number of quaternary nitrogens is 2. The molecular formula is C31H34Cl2N4O6. The number of aliphatic hydroxyl groups is 1. The van der Waals surface area contributed by atoms with Crippen LogP contribution in [0.25, 0.3) is 11.1 Å². The van der Waals surface area contributed by atoms with Crippen LogP contribution >= 0.6 is 0 Å². The first-order valence-corrected chi connectivity index (χ1v) is 14.3. The van der Waals surface area contributed by atoms with Crippen LogP contribution in [0.1, 0.15) is 34.8 Å². The molecule has 8 rings (SSSR count). The van der Waals surface area contributed by atoms with Crippen LogP contribution in [0.3, 0.4) is 0 Å². The SMILES string of the molecule is Cc1cc(OC(=O)C2=CC[C@@H]3C([C@@H](C)O)C(=O)N23)cc2c1C(=O)c1cc([N+]34CC[N+](CC(N)=O)(CC3)CC4)ccc1-2.[Cl-].[Cl-]. The minimum absolute atomic E-state index is 0. The molecule has 3 N–H and O–H groups in total. The summed E-state index contributed by atoms with van der Waals surface area (Å²) < 4.78 is 7.30. The molecular weight excluding hydrogens is 595 g/mol. The van der Waals surface area contributed by atoms with Crippen molar-refractivity contribution in [2.24, 2.45) is 11.7 Å². The Kier molecular flexibility index (Phi) is 7.76. The summed E-state index contributed by atoms with van der Waals surface area (Å²) in [5.41, 5.74) is 10.4. The lowest BCUT2D eigenvalue weighted by atomic mass is 9.83. The van der Waals surface area contributed by atoms with Crippen LogP contribution in [0.2, 0.25) is 0 Å². The van der Waals surface area contributed by atoms with E-state index >= 15 is 0 Å². The Balaban J connectivity index is 0.00000184. The Morgan fingerprint density at radius 1 is 1.02 bits per heavy atom. The van der Waals surface area contributed by atoms with Gasteiger partial charge in [0.2, 0.25) is 5.91 Å². The first-order valence-electron chi connectivity index (χ1n) is 14.3. The second-order valence-electron chi connectivity index (χ2n) is 12.4. The van der Waals surface area contributed by atoms with Crippen molar-refractivity contribution in [1.82, 2.24) is 9.38 Å². The zero-order valence-corrected chi connectivity index (χ0v) is 25.5. The fraction of sp³-hybridized carbons (Fsp3) is 0.419. The molecule has 1 aliphatic carbocycles. The number of fused-ring (bicyclic) bond motifs is 7. The number of ketones is 1. The molecule has 4 saturated heterocycles. The summed E-state index contributed by atoms with van der Waals surface area (Å²) in [4.78, 5) is 52.3. The molecule has 0 saturated carbocycles. The maximum atomic E-state index is 13.6. The molecule has 2 bridgehead atoms. The monoisotopic (exact) mass is 628 g/mol. The summed E-state index contributed by atoms with van der Waals surface area (Å²) >= 11 is 0. The number of piperazine rings is 3. The molecule has 10 nitrogen and oxygen atoms in total. The van der Waals surface area contributed by atoms with Gasteiger partial charge in [-0.3, -0.25) is 18.9 Å². The van der Waals surface area contributed by atoms with Gasteiger partial charge >= 0.3 is 5.97 Å². The van der Waals surface area contributed by atoms with Crippen LogP contribution in [0.5, 0.6) is 5.75 Å². The molecule has 228 valence electrons. The Labute approximate surface area is 262 Å². The normalized spacial score (nSPS) is 28.4. The van der Waals surface area contributed by atoms with Crippen LogP contribution in [0, 0.1) is 12.8 Å². The molecule has 2 aromatic carbocycles. The van der Waals surface area contributed by atoms with E-state index in [0.29, 0.717) is 29.8 Å². The molecule has 0 aromatic heterocycles. The van der Waals surface area contributed by atoms with E-state index in [0.717, 1.165) is 70.6 Å². The average Bonchev–Trinajstić information content (AvgIpc) is 3.44. The second-order valence-corrected chi connectivity index (χ2v) is 12.4. The third-order valence-corrected chi connectivity index (χ3v) is 10.1. The minimum atomic E-state index is -0.769. The smallest absolute Gasteiger partial charge is 0.360 e. The van der Waals surface area contributed by atoms with E-state index in [2.05, 4.69) is 6.07 Å². The number of esters is 1. The summed E-state index contributed by atoms with van der Waals surface area (Å²) in [5, 5.41) is 9.90. The van der Waals surface area contributed by atoms with Gasteiger partial charge in [-0.2, -0.15) is 0 Å². The number of carbonyl (C=O) groups excluding carboxylic acids is 4. The number of hydrogen-bond acceptors (Lipinski definition) is 6. The van der Waals surface area contributed by atoms with E-state index in [4.69, 9.17) is 10.5 Å². The number of halogens is 2. The summed E-state index contributed by atoms with van der Waals surface area (Å²) in [5.74, 6) is -1.36. The Hall–Kier alpha value is -3.28. The summed E-state index contributed by atoms with van der Waals surface area (Å²) in [6, 6.07) is 9.34. The van der Waals surface area contributed by atoms with Crippen molar-refractivity contribution in [3.63, 3.8) is 0 Å². The van der Waals surface area contributed by atoms with Gasteiger partial charge in [0.05, 0.1) is 18.1 Å². The van der Waals surface area contributed by atoms with Crippen molar-refractivity contribution in [1.29, 1.82) is 0 Å². The number of benzene rings is 2. The highest BCUT2D eigenvalue weighted by Gasteiger charge is 2.55. The van der Waals surface area contributed by atoms with Gasteiger partial charge in [-0.25, -0.2) is 4.79 Å². The van der Waals surface area contributed by atoms with Crippen molar-refractivity contribution < 1.29 is 58.3 Å². The molecule has 0 spiro atoms. The highest BCUT2D eigenvalue weighted by atomic mass is 35.5. The van der Waals surface area contributed by atoms with E-state index in [-0.39, 0.29) is 54.2 Å². The van der Waals surface area contributed by atoms with Gasteiger partial charge in [-0.05, 0) is 61.2 Å². The van der Waals surface area contributed by atoms with Crippen molar-refractivity contribution in [3.05, 3.63) is 58.8 Å². The number of aliphatic hydroxyl groups excluding tert-OH is 1. The van der Waals surface area contributed by atoms with Crippen LogP contribution < -0.4 is 39.8 Å². The molecule has 2 amide bonds. The quantitative estimate of drug-likeness (QED) is 0.122. The number of aryl methyl sites for hydroxylation is 1. The molecule has 6 aliphatic rings. The molecule has 43 heavy (non-hydrogen) atoms. The first kappa shape index (κ1) is 31.2. The molecule has 12 heteroatoms. The van der Waals surface area contributed by atoms with E-state index < -0.39 is 18.0 Å². The zero-order valence-electron chi connectivity index (χ0n) is 24.0. The number of β-lactam (4-membered cyclic amide) rings is 1. The molecule has 5 heterocycles. The van der Waals surface area contributed by atoms with E-state index in [1.165, 1.54) is 4.90 Å². The largest absolute Gasteiger partial charge is 1.00 e. The van der Waals surface area contributed by atoms with Gasteiger partial charge in [-0.1, -0.05) is 6.08 Å². The number of primary amides is 1. The molecule has 5 aliphatic heterocycles. The molecule has 2 aromatic rings. The third-order valence-electron chi connectivity index (χ3n) is 10.1. The van der Waals surface area contributed by atoms with E-state index in [9.17, 15) is 24.3 Å². The number of rotatable bonds is 6. The van der Waals surface area contributed by atoms with Crippen molar-refractivity contribution in [2.75, 3.05) is 45.8 Å². The lowest BCUT2D eigenvalue weighted by Gasteiger charge is -2.54. The van der Waals surface area contributed by atoms with Gasteiger partial charge in [0, 0.05) is 17.2 Å². The van der Waals surface area contributed by atoms with Crippen molar-refractivity contribution >= 4 is 29.3 Å². The van der Waals surface area contributed by atoms with Gasteiger partial charge in [-0.15, -0.1) is 0 Å². The zero-order chi connectivity index (χ0) is 28.8. The van der Waals surface area contributed by atoms with Crippen LogP contribution in [0.15, 0.2) is 42.1 Å². The maximum absolute atomic E-state index is 13.6. The number of nitrogens with zero attached hydrogens (tertiary/aromatic N) is 3. The Morgan fingerprint density at radius 3 is 2.33 bits per heavy atom. The van der Waals surface area contributed by atoms with Crippen molar-refractivity contribution in [2.45, 2.75) is 32.4 Å². The average molecular weight is 630 g/mol. The van der Waals surface area contributed by atoms with Gasteiger partial charge < -0.3 is 49.8 Å². The van der Waals surface area contributed by atoms with Gasteiger partial charge in [0.1, 0.15) is 56.4 Å². The Bertz CT molecular complexity index is 1580. The first-order chi connectivity index (χ1) is 19.5. The fourth-order valence-electron chi connectivity index (χ4n) is 7.86. The number of ether oxygens (including phenoxy) is 1. The third kappa shape index (κ3) is 4.58. The lowest BCUT2D eigenvalue weighted by Crippen LogP contribution is -3.00. The number of hydrogen-bond donors (Lipinski definition) is 2. The minimum Gasteiger partial charge on any atom is -1.00 e. The molecule has 1 unspecified atom stereocenters. The predicted molar refractivity (Wildman–Crippen MR) is 150 cm³/mol. The Morgan fingerprint density at radius 2 is 1.70 bits per heavy atom.